The van der Waals surface area contributed by atoms with Gasteiger partial charge < -0.3 is 9.88 Å². The van der Waals surface area contributed by atoms with Gasteiger partial charge in [0.25, 0.3) is 0 Å². The number of carbonyl (C=O) groups excluding carboxylic acids is 1. The van der Waals surface area contributed by atoms with E-state index < -0.39 is 0 Å². The van der Waals surface area contributed by atoms with Gasteiger partial charge in [-0.2, -0.15) is 0 Å². The number of hydrogen-bond donors (Lipinski definition) is 1. The number of nitrogens with one attached hydrogen (secondary N) is 1. The van der Waals surface area contributed by atoms with Gasteiger partial charge in [-0.25, -0.2) is 0 Å². The lowest BCUT2D eigenvalue weighted by molar-refractivity contribution is -0.115. The molecule has 2 aromatic heterocycles. The minimum absolute atomic E-state index is 0.0686. The van der Waals surface area contributed by atoms with Crippen LogP contribution in [0.5, 0.6) is 0 Å². The molecule has 0 bridgehead atoms. The summed E-state index contributed by atoms with van der Waals surface area (Å²) in [7, 11) is 0. The Labute approximate surface area is 151 Å². The molecule has 0 spiro atoms. The molecule has 3 rings (SSSR count). The van der Waals surface area contributed by atoms with Gasteiger partial charge >= 0.3 is 0 Å². The third kappa shape index (κ3) is 4.33. The van der Waals surface area contributed by atoms with Gasteiger partial charge in [0.05, 0.1) is 6.42 Å². The standard InChI is InChI=1S/C19H22N4OS/c1-3-15(4-2)18-21-22-19(25-18)20-17(24)13-14-7-9-16(10-8-14)23-11-5-6-12-23/h5-12,15H,3-4,13H2,1-2H3,(H,20,22,24). The quantitative estimate of drug-likeness (QED) is 0.683. The summed E-state index contributed by atoms with van der Waals surface area (Å²) in [5.41, 5.74) is 2.05. The molecule has 130 valence electrons. The fourth-order valence-corrected chi connectivity index (χ4v) is 3.76. The van der Waals surface area contributed by atoms with Crippen LogP contribution in [0.4, 0.5) is 5.13 Å². The maximum atomic E-state index is 12.2. The number of nitrogens with zero attached hydrogens (tertiary/aromatic N) is 3. The lowest BCUT2D eigenvalue weighted by Gasteiger charge is -2.06. The number of aromatic nitrogens is 3. The van der Waals surface area contributed by atoms with Crippen LogP contribution in [0.15, 0.2) is 48.8 Å². The molecule has 0 saturated carbocycles. The molecule has 0 unspecified atom stereocenters. The minimum Gasteiger partial charge on any atom is -0.324 e. The van der Waals surface area contributed by atoms with E-state index in [1.54, 1.807) is 0 Å². The number of benzene rings is 1. The van der Waals surface area contributed by atoms with Crippen LogP contribution >= 0.6 is 11.3 Å². The normalized spacial score (nSPS) is 11.0. The van der Waals surface area contributed by atoms with E-state index in [4.69, 9.17) is 0 Å². The molecule has 0 aliphatic carbocycles. The van der Waals surface area contributed by atoms with Crippen molar-refractivity contribution >= 4 is 22.4 Å². The van der Waals surface area contributed by atoms with Crippen molar-refractivity contribution in [1.29, 1.82) is 0 Å². The minimum atomic E-state index is -0.0686. The Hall–Kier alpha value is -2.47. The predicted octanol–water partition coefficient (Wildman–Crippen LogP) is 4.41. The Morgan fingerprint density at radius 1 is 1.12 bits per heavy atom. The summed E-state index contributed by atoms with van der Waals surface area (Å²) in [5.74, 6) is 0.352. The van der Waals surface area contributed by atoms with Gasteiger partial charge in [0.15, 0.2) is 0 Å². The van der Waals surface area contributed by atoms with E-state index in [-0.39, 0.29) is 5.91 Å². The van der Waals surface area contributed by atoms with Crippen LogP contribution in [-0.4, -0.2) is 20.7 Å². The third-order valence-electron chi connectivity index (χ3n) is 4.23. The van der Waals surface area contributed by atoms with Crippen molar-refractivity contribution < 1.29 is 4.79 Å². The zero-order valence-corrected chi connectivity index (χ0v) is 15.3. The molecule has 0 aliphatic rings. The fourth-order valence-electron chi connectivity index (χ4n) is 2.73. The Kier molecular flexibility index (Phi) is 5.60. The van der Waals surface area contributed by atoms with Crippen LogP contribution in [0.3, 0.4) is 0 Å². The highest BCUT2D eigenvalue weighted by molar-refractivity contribution is 7.15. The van der Waals surface area contributed by atoms with E-state index in [9.17, 15) is 4.79 Å². The lowest BCUT2D eigenvalue weighted by Crippen LogP contribution is -2.14. The molecule has 0 radical (unpaired) electrons. The maximum Gasteiger partial charge on any atom is 0.230 e. The largest absolute Gasteiger partial charge is 0.324 e. The smallest absolute Gasteiger partial charge is 0.230 e. The lowest BCUT2D eigenvalue weighted by atomic mass is 10.1. The molecule has 0 fully saturated rings. The Morgan fingerprint density at radius 2 is 1.80 bits per heavy atom. The third-order valence-corrected chi connectivity index (χ3v) is 5.23. The molecule has 5 nitrogen and oxygen atoms in total. The number of amides is 1. The van der Waals surface area contributed by atoms with Gasteiger partial charge in [0, 0.05) is 24.0 Å². The van der Waals surface area contributed by atoms with Crippen LogP contribution in [-0.2, 0) is 11.2 Å². The molecule has 25 heavy (non-hydrogen) atoms. The molecule has 2 heterocycles. The molecule has 0 aliphatic heterocycles. The predicted molar refractivity (Wildman–Crippen MR) is 101 cm³/mol. The van der Waals surface area contributed by atoms with Gasteiger partial charge in [0.2, 0.25) is 11.0 Å². The summed E-state index contributed by atoms with van der Waals surface area (Å²) in [4.78, 5) is 12.2. The van der Waals surface area contributed by atoms with Crippen molar-refractivity contribution in [3.8, 4) is 5.69 Å². The molecule has 0 saturated heterocycles. The summed E-state index contributed by atoms with van der Waals surface area (Å²) >= 11 is 1.47. The average Bonchev–Trinajstić information content (AvgIpc) is 3.29. The molecule has 3 aromatic rings. The van der Waals surface area contributed by atoms with Gasteiger partial charge in [-0.3, -0.25) is 4.79 Å². The van der Waals surface area contributed by atoms with E-state index in [0.717, 1.165) is 29.1 Å². The molecule has 1 aromatic carbocycles. The van der Waals surface area contributed by atoms with Crippen LogP contribution in [0, 0.1) is 0 Å². The SMILES string of the molecule is CCC(CC)c1nnc(NC(=O)Cc2ccc(-n3cccc3)cc2)s1. The zero-order chi connectivity index (χ0) is 17.6. The second-order valence-electron chi connectivity index (χ2n) is 5.94. The molecular weight excluding hydrogens is 332 g/mol. The van der Waals surface area contributed by atoms with Crippen molar-refractivity contribution in [2.75, 3.05) is 5.32 Å². The highest BCUT2D eigenvalue weighted by Gasteiger charge is 2.14. The Morgan fingerprint density at radius 3 is 2.44 bits per heavy atom. The van der Waals surface area contributed by atoms with E-state index in [0.29, 0.717) is 17.5 Å². The summed E-state index contributed by atoms with van der Waals surface area (Å²) in [6.45, 7) is 4.29. The topological polar surface area (TPSA) is 59.8 Å². The van der Waals surface area contributed by atoms with Crippen LogP contribution in [0.25, 0.3) is 5.69 Å². The molecule has 6 heteroatoms. The first-order chi connectivity index (χ1) is 12.2. The highest BCUT2D eigenvalue weighted by atomic mass is 32.1. The van der Waals surface area contributed by atoms with Crippen molar-refractivity contribution in [1.82, 2.24) is 14.8 Å². The van der Waals surface area contributed by atoms with E-state index in [1.807, 2.05) is 53.4 Å². The molecule has 1 N–H and O–H groups in total. The first-order valence-corrected chi connectivity index (χ1v) is 9.36. The van der Waals surface area contributed by atoms with E-state index in [2.05, 4.69) is 29.4 Å². The van der Waals surface area contributed by atoms with Gasteiger partial charge in [-0.1, -0.05) is 37.3 Å². The molecule has 0 atom stereocenters. The van der Waals surface area contributed by atoms with Crippen molar-refractivity contribution in [2.45, 2.75) is 39.0 Å². The van der Waals surface area contributed by atoms with Crippen LogP contribution < -0.4 is 5.32 Å². The molecule has 1 amide bonds. The number of carbonyl (C=O) groups is 1. The van der Waals surface area contributed by atoms with E-state index >= 15 is 0 Å². The first-order valence-electron chi connectivity index (χ1n) is 8.55. The first kappa shape index (κ1) is 17.4. The zero-order valence-electron chi connectivity index (χ0n) is 14.5. The highest BCUT2D eigenvalue weighted by Crippen LogP contribution is 2.28. The van der Waals surface area contributed by atoms with Crippen molar-refractivity contribution in [2.24, 2.45) is 0 Å². The number of hydrogen-bond acceptors (Lipinski definition) is 4. The Bertz CT molecular complexity index is 804. The maximum absolute atomic E-state index is 12.2. The van der Waals surface area contributed by atoms with Crippen molar-refractivity contribution in [3.05, 3.63) is 59.4 Å². The van der Waals surface area contributed by atoms with Gasteiger partial charge in [-0.15, -0.1) is 10.2 Å². The van der Waals surface area contributed by atoms with E-state index in [1.165, 1.54) is 11.3 Å². The molecular formula is C19H22N4OS. The van der Waals surface area contributed by atoms with Crippen LogP contribution in [0.2, 0.25) is 0 Å². The van der Waals surface area contributed by atoms with Gasteiger partial charge in [0.1, 0.15) is 5.01 Å². The van der Waals surface area contributed by atoms with Crippen LogP contribution in [0.1, 0.15) is 43.2 Å². The second kappa shape index (κ2) is 8.07. The van der Waals surface area contributed by atoms with Crippen molar-refractivity contribution in [3.63, 3.8) is 0 Å². The second-order valence-corrected chi connectivity index (χ2v) is 6.95. The van der Waals surface area contributed by atoms with Gasteiger partial charge in [-0.05, 0) is 42.7 Å². The summed E-state index contributed by atoms with van der Waals surface area (Å²) in [6, 6.07) is 11.9. The summed E-state index contributed by atoms with van der Waals surface area (Å²) in [6.07, 6.45) is 6.38. The number of anilines is 1. The average molecular weight is 354 g/mol. The fraction of sp³-hybridized carbons (Fsp3) is 0.316. The monoisotopic (exact) mass is 354 g/mol. The summed E-state index contributed by atoms with van der Waals surface area (Å²) < 4.78 is 2.03. The summed E-state index contributed by atoms with van der Waals surface area (Å²) in [5, 5.41) is 12.7. The number of rotatable bonds is 7. The Balaban J connectivity index is 1.59.